The van der Waals surface area contributed by atoms with E-state index in [1.807, 2.05) is 6.07 Å². The molecule has 146 valence electrons. The van der Waals surface area contributed by atoms with Crippen molar-refractivity contribution in [1.29, 1.82) is 0 Å². The first-order chi connectivity index (χ1) is 13.3. The second kappa shape index (κ2) is 8.42. The lowest BCUT2D eigenvalue weighted by atomic mass is 10.1. The molecule has 0 saturated heterocycles. The Bertz CT molecular complexity index is 1150. The molecule has 0 saturated carbocycles. The van der Waals surface area contributed by atoms with Gasteiger partial charge in [-0.15, -0.1) is 11.8 Å². The summed E-state index contributed by atoms with van der Waals surface area (Å²) in [5.41, 5.74) is 0.351. The van der Waals surface area contributed by atoms with Crippen LogP contribution in [-0.4, -0.2) is 32.4 Å². The average molecular weight is 482 g/mol. The van der Waals surface area contributed by atoms with E-state index in [0.717, 1.165) is 11.8 Å². The fraction of sp³-hybridized carbons (Fsp3) is 0.105. The van der Waals surface area contributed by atoms with Gasteiger partial charge >= 0.3 is 5.97 Å². The summed E-state index contributed by atoms with van der Waals surface area (Å²) in [4.78, 5) is 11.6. The maximum absolute atomic E-state index is 12.9. The highest BCUT2D eigenvalue weighted by Gasteiger charge is 2.19. The second-order valence-corrected chi connectivity index (χ2v) is 9.36. The van der Waals surface area contributed by atoms with Crippen molar-refractivity contribution in [1.82, 2.24) is 0 Å². The Balaban J connectivity index is 2.13. The summed E-state index contributed by atoms with van der Waals surface area (Å²) in [6, 6.07) is 15.2. The van der Waals surface area contributed by atoms with Gasteiger partial charge < -0.3 is 9.84 Å². The van der Waals surface area contributed by atoms with Crippen molar-refractivity contribution < 1.29 is 23.1 Å². The Kier molecular flexibility index (Phi) is 6.17. The molecule has 0 atom stereocenters. The van der Waals surface area contributed by atoms with Gasteiger partial charge in [-0.05, 0) is 24.3 Å². The molecule has 3 aromatic rings. The number of rotatable bonds is 7. The Morgan fingerprint density at radius 1 is 1.14 bits per heavy atom. The topological polar surface area (TPSA) is 92.7 Å². The van der Waals surface area contributed by atoms with Crippen LogP contribution in [0.4, 0.5) is 5.69 Å². The van der Waals surface area contributed by atoms with Crippen molar-refractivity contribution in [3.63, 3.8) is 0 Å². The Labute approximate surface area is 175 Å². The Morgan fingerprint density at radius 3 is 2.50 bits per heavy atom. The van der Waals surface area contributed by atoms with Crippen LogP contribution in [0.15, 0.2) is 68.9 Å². The number of thioether (sulfide) groups is 1. The number of aliphatic carboxylic acids is 1. The molecule has 3 aromatic carbocycles. The standard InChI is InChI=1S/C19H16BrNO5S2/c1-26-19-15-8-3-2-7-14(15)16(10-17(19)27-11-18(22)23)21-28(24,25)13-6-4-5-12(20)9-13/h2-10,21H,11H2,1H3,(H,22,23). The molecule has 0 aliphatic carbocycles. The van der Waals surface area contributed by atoms with Crippen LogP contribution in [0.5, 0.6) is 5.75 Å². The van der Waals surface area contributed by atoms with Gasteiger partial charge in [-0.2, -0.15) is 0 Å². The highest BCUT2D eigenvalue weighted by atomic mass is 79.9. The quantitative estimate of drug-likeness (QED) is 0.479. The number of halogens is 1. The molecule has 0 aliphatic heterocycles. The number of ether oxygens (including phenoxy) is 1. The van der Waals surface area contributed by atoms with E-state index in [9.17, 15) is 13.2 Å². The van der Waals surface area contributed by atoms with E-state index in [1.165, 1.54) is 19.2 Å². The summed E-state index contributed by atoms with van der Waals surface area (Å²) in [5.74, 6) is -0.643. The molecule has 0 unspecified atom stereocenters. The molecule has 0 radical (unpaired) electrons. The van der Waals surface area contributed by atoms with Gasteiger partial charge in [-0.25, -0.2) is 8.42 Å². The summed E-state index contributed by atoms with van der Waals surface area (Å²) in [5, 5.41) is 10.3. The molecule has 0 heterocycles. The molecule has 0 aromatic heterocycles. The van der Waals surface area contributed by atoms with Crippen LogP contribution in [0.3, 0.4) is 0 Å². The number of carbonyl (C=O) groups is 1. The normalized spacial score (nSPS) is 11.4. The fourth-order valence-corrected chi connectivity index (χ4v) is 5.17. The maximum atomic E-state index is 12.9. The molecule has 3 rings (SSSR count). The summed E-state index contributed by atoms with van der Waals surface area (Å²) >= 11 is 4.34. The third-order valence-corrected chi connectivity index (χ3v) is 6.73. The molecule has 9 heteroatoms. The van der Waals surface area contributed by atoms with E-state index in [1.54, 1.807) is 36.4 Å². The van der Waals surface area contributed by atoms with Gasteiger partial charge in [-0.3, -0.25) is 9.52 Å². The predicted molar refractivity (Wildman–Crippen MR) is 114 cm³/mol. The van der Waals surface area contributed by atoms with E-state index >= 15 is 0 Å². The predicted octanol–water partition coefficient (Wildman–Crippen LogP) is 4.59. The molecule has 28 heavy (non-hydrogen) atoms. The van der Waals surface area contributed by atoms with Gasteiger partial charge in [0, 0.05) is 15.2 Å². The largest absolute Gasteiger partial charge is 0.495 e. The first-order valence-corrected chi connectivity index (χ1v) is 11.3. The summed E-state index contributed by atoms with van der Waals surface area (Å²) in [6.45, 7) is 0. The number of sulfonamides is 1. The van der Waals surface area contributed by atoms with E-state index in [4.69, 9.17) is 9.84 Å². The van der Waals surface area contributed by atoms with Crippen LogP contribution < -0.4 is 9.46 Å². The summed E-state index contributed by atoms with van der Waals surface area (Å²) < 4.78 is 34.5. The third-order valence-electron chi connectivity index (χ3n) is 3.87. The number of benzene rings is 3. The van der Waals surface area contributed by atoms with Crippen molar-refractivity contribution in [3.05, 3.63) is 59.1 Å². The Hall–Kier alpha value is -2.23. The zero-order valence-corrected chi connectivity index (χ0v) is 17.9. The van der Waals surface area contributed by atoms with Gasteiger partial charge in [0.15, 0.2) is 0 Å². The smallest absolute Gasteiger partial charge is 0.313 e. The number of nitrogens with one attached hydrogen (secondary N) is 1. The van der Waals surface area contributed by atoms with Crippen LogP contribution in [0.1, 0.15) is 0 Å². The SMILES string of the molecule is COc1c(SCC(=O)O)cc(NS(=O)(=O)c2cccc(Br)c2)c2ccccc12. The van der Waals surface area contributed by atoms with Gasteiger partial charge in [-0.1, -0.05) is 46.3 Å². The van der Waals surface area contributed by atoms with Gasteiger partial charge in [0.25, 0.3) is 10.0 Å². The van der Waals surface area contributed by atoms with Crippen LogP contribution in [0.25, 0.3) is 10.8 Å². The first-order valence-electron chi connectivity index (χ1n) is 8.04. The lowest BCUT2D eigenvalue weighted by Gasteiger charge is -2.16. The molecule has 0 spiro atoms. The van der Waals surface area contributed by atoms with Gasteiger partial charge in [0.1, 0.15) is 5.75 Å². The number of fused-ring (bicyclic) bond motifs is 1. The minimum atomic E-state index is -3.84. The van der Waals surface area contributed by atoms with E-state index in [2.05, 4.69) is 20.7 Å². The average Bonchev–Trinajstić information content (AvgIpc) is 2.66. The minimum absolute atomic E-state index is 0.113. The van der Waals surface area contributed by atoms with Crippen molar-refractivity contribution in [3.8, 4) is 5.75 Å². The molecule has 0 fully saturated rings. The lowest BCUT2D eigenvalue weighted by molar-refractivity contribution is -0.133. The fourth-order valence-electron chi connectivity index (χ4n) is 2.70. The number of anilines is 1. The molecule has 0 aliphatic rings. The molecular formula is C19H16BrNO5S2. The maximum Gasteiger partial charge on any atom is 0.313 e. The lowest BCUT2D eigenvalue weighted by Crippen LogP contribution is -2.13. The van der Waals surface area contributed by atoms with E-state index in [0.29, 0.717) is 31.6 Å². The number of methoxy groups -OCH3 is 1. The van der Waals surface area contributed by atoms with Crippen molar-refractivity contribution >= 4 is 60.1 Å². The molecular weight excluding hydrogens is 466 g/mol. The van der Waals surface area contributed by atoms with Crippen molar-refractivity contribution in [2.45, 2.75) is 9.79 Å². The summed E-state index contributed by atoms with van der Waals surface area (Å²) in [7, 11) is -2.34. The third kappa shape index (κ3) is 4.43. The van der Waals surface area contributed by atoms with Gasteiger partial charge in [0.2, 0.25) is 0 Å². The number of hydrogen-bond acceptors (Lipinski definition) is 5. The monoisotopic (exact) mass is 481 g/mol. The van der Waals surface area contributed by atoms with E-state index in [-0.39, 0.29) is 10.6 Å². The highest BCUT2D eigenvalue weighted by molar-refractivity contribution is 9.10. The zero-order chi connectivity index (χ0) is 20.3. The summed E-state index contributed by atoms with van der Waals surface area (Å²) in [6.07, 6.45) is 0. The molecule has 2 N–H and O–H groups in total. The zero-order valence-electron chi connectivity index (χ0n) is 14.7. The van der Waals surface area contributed by atoms with Gasteiger partial charge in [0.05, 0.1) is 28.3 Å². The van der Waals surface area contributed by atoms with Crippen LogP contribution in [0, 0.1) is 0 Å². The van der Waals surface area contributed by atoms with Crippen LogP contribution in [0.2, 0.25) is 0 Å². The van der Waals surface area contributed by atoms with Crippen molar-refractivity contribution in [2.24, 2.45) is 0 Å². The number of hydrogen-bond donors (Lipinski definition) is 2. The van der Waals surface area contributed by atoms with Crippen LogP contribution in [-0.2, 0) is 14.8 Å². The number of carboxylic acids is 1. The first kappa shape index (κ1) is 20.5. The molecule has 0 bridgehead atoms. The highest BCUT2D eigenvalue weighted by Crippen LogP contribution is 2.41. The van der Waals surface area contributed by atoms with Crippen LogP contribution >= 0.6 is 27.7 Å². The molecule has 0 amide bonds. The minimum Gasteiger partial charge on any atom is -0.495 e. The Morgan fingerprint density at radius 2 is 1.86 bits per heavy atom. The van der Waals surface area contributed by atoms with Crippen molar-refractivity contribution in [2.75, 3.05) is 17.6 Å². The number of carboxylic acid groups (broad SMARTS) is 1. The molecule has 6 nitrogen and oxygen atoms in total. The second-order valence-electron chi connectivity index (χ2n) is 5.75. The van der Waals surface area contributed by atoms with E-state index < -0.39 is 16.0 Å².